The Balaban J connectivity index is 2.09. The number of nitrogens with one attached hydrogen (secondary N) is 1. The van der Waals surface area contributed by atoms with Crippen molar-refractivity contribution in [1.82, 2.24) is 10.2 Å². The molecule has 33 heavy (non-hydrogen) atoms. The lowest BCUT2D eigenvalue weighted by atomic mass is 10.1. The first kappa shape index (κ1) is 26.3. The summed E-state index contributed by atoms with van der Waals surface area (Å²) in [5.41, 5.74) is 1.62. The van der Waals surface area contributed by atoms with Crippen molar-refractivity contribution in [3.8, 4) is 0 Å². The molecule has 1 atom stereocenters. The second-order valence-corrected chi connectivity index (χ2v) is 9.11. The molecule has 2 aromatic rings. The standard InChI is InChI=1S/C24H30FN3O4S/c1-4-22(24(30)26-13-17(2)3)27(14-18-5-9-20(25)10-6-18)23(29)16-33-15-19-7-11-21(12-8-19)28(31)32/h5-12,17,22H,4,13-16H2,1-3H3,(H,26,30)/t22-/m1/s1. The van der Waals surface area contributed by atoms with E-state index in [2.05, 4.69) is 5.32 Å². The highest BCUT2D eigenvalue weighted by atomic mass is 32.2. The number of benzene rings is 2. The first-order valence-electron chi connectivity index (χ1n) is 10.8. The van der Waals surface area contributed by atoms with Gasteiger partial charge in [0.15, 0.2) is 0 Å². The number of non-ortho nitro benzene ring substituents is 1. The maximum absolute atomic E-state index is 13.3. The number of hydrogen-bond donors (Lipinski definition) is 1. The highest BCUT2D eigenvalue weighted by Gasteiger charge is 2.28. The first-order chi connectivity index (χ1) is 15.7. The van der Waals surface area contributed by atoms with Gasteiger partial charge in [0.25, 0.3) is 5.69 Å². The number of rotatable bonds is 12. The van der Waals surface area contributed by atoms with Crippen LogP contribution in [-0.4, -0.2) is 40.0 Å². The van der Waals surface area contributed by atoms with Crippen molar-refractivity contribution in [3.05, 3.63) is 75.6 Å². The maximum atomic E-state index is 13.3. The number of thioether (sulfide) groups is 1. The summed E-state index contributed by atoms with van der Waals surface area (Å²) in [4.78, 5) is 37.9. The Kier molecular flexibility index (Phi) is 10.3. The highest BCUT2D eigenvalue weighted by Crippen LogP contribution is 2.19. The Morgan fingerprint density at radius 2 is 1.70 bits per heavy atom. The summed E-state index contributed by atoms with van der Waals surface area (Å²) < 4.78 is 13.3. The molecule has 2 amide bonds. The third kappa shape index (κ3) is 8.49. The SMILES string of the molecule is CC[C@H](C(=O)NCC(C)C)N(Cc1ccc(F)cc1)C(=O)CSCc1ccc([N+](=O)[O-])cc1. The van der Waals surface area contributed by atoms with Crippen LogP contribution < -0.4 is 5.32 Å². The van der Waals surface area contributed by atoms with Crippen LogP contribution in [0, 0.1) is 21.8 Å². The summed E-state index contributed by atoms with van der Waals surface area (Å²) >= 11 is 1.38. The van der Waals surface area contributed by atoms with Gasteiger partial charge in [-0.25, -0.2) is 4.39 Å². The molecule has 0 aliphatic carbocycles. The van der Waals surface area contributed by atoms with Gasteiger partial charge in [-0.1, -0.05) is 45.0 Å². The van der Waals surface area contributed by atoms with Gasteiger partial charge in [-0.05, 0) is 35.6 Å². The number of nitro groups is 1. The van der Waals surface area contributed by atoms with Crippen molar-refractivity contribution in [2.75, 3.05) is 12.3 Å². The van der Waals surface area contributed by atoms with Gasteiger partial charge < -0.3 is 10.2 Å². The van der Waals surface area contributed by atoms with E-state index >= 15 is 0 Å². The fourth-order valence-corrected chi connectivity index (χ4v) is 4.05. The lowest BCUT2D eigenvalue weighted by Crippen LogP contribution is -2.50. The molecule has 0 fully saturated rings. The lowest BCUT2D eigenvalue weighted by Gasteiger charge is -2.31. The molecule has 0 aliphatic heterocycles. The van der Waals surface area contributed by atoms with E-state index < -0.39 is 11.0 Å². The van der Waals surface area contributed by atoms with E-state index in [-0.39, 0.29) is 41.5 Å². The molecular formula is C24H30FN3O4S. The van der Waals surface area contributed by atoms with Gasteiger partial charge in [-0.3, -0.25) is 19.7 Å². The van der Waals surface area contributed by atoms with Gasteiger partial charge in [-0.15, -0.1) is 11.8 Å². The van der Waals surface area contributed by atoms with Crippen LogP contribution in [0.15, 0.2) is 48.5 Å². The second-order valence-electron chi connectivity index (χ2n) is 8.13. The van der Waals surface area contributed by atoms with E-state index in [1.165, 1.54) is 36.0 Å². The quantitative estimate of drug-likeness (QED) is 0.359. The molecule has 9 heteroatoms. The van der Waals surface area contributed by atoms with E-state index in [1.54, 1.807) is 29.2 Å². The smallest absolute Gasteiger partial charge is 0.269 e. The van der Waals surface area contributed by atoms with E-state index in [9.17, 15) is 24.1 Å². The lowest BCUT2D eigenvalue weighted by molar-refractivity contribution is -0.384. The van der Waals surface area contributed by atoms with E-state index in [4.69, 9.17) is 0 Å². The van der Waals surface area contributed by atoms with Crippen molar-refractivity contribution in [2.24, 2.45) is 5.92 Å². The van der Waals surface area contributed by atoms with Crippen LogP contribution in [0.3, 0.4) is 0 Å². The van der Waals surface area contributed by atoms with Crippen LogP contribution in [0.2, 0.25) is 0 Å². The van der Waals surface area contributed by atoms with Crippen molar-refractivity contribution in [3.63, 3.8) is 0 Å². The van der Waals surface area contributed by atoms with Crippen LogP contribution in [0.5, 0.6) is 0 Å². The Labute approximate surface area is 197 Å². The van der Waals surface area contributed by atoms with Crippen molar-refractivity contribution in [2.45, 2.75) is 45.5 Å². The van der Waals surface area contributed by atoms with Crippen LogP contribution >= 0.6 is 11.8 Å². The molecule has 2 rings (SSSR count). The molecule has 7 nitrogen and oxygen atoms in total. The van der Waals surface area contributed by atoms with Crippen LogP contribution in [0.1, 0.15) is 38.3 Å². The van der Waals surface area contributed by atoms with Gasteiger partial charge in [0.2, 0.25) is 11.8 Å². The summed E-state index contributed by atoms with van der Waals surface area (Å²) in [5.74, 6) is 0.165. The Morgan fingerprint density at radius 1 is 1.09 bits per heavy atom. The summed E-state index contributed by atoms with van der Waals surface area (Å²) in [7, 11) is 0. The highest BCUT2D eigenvalue weighted by molar-refractivity contribution is 7.99. The fraction of sp³-hybridized carbons (Fsp3) is 0.417. The molecule has 0 bridgehead atoms. The summed E-state index contributed by atoms with van der Waals surface area (Å²) in [6.07, 6.45) is 0.448. The van der Waals surface area contributed by atoms with Crippen LogP contribution in [0.4, 0.5) is 10.1 Å². The molecule has 0 aliphatic rings. The summed E-state index contributed by atoms with van der Waals surface area (Å²) in [5, 5.41) is 13.7. The fourth-order valence-electron chi connectivity index (χ4n) is 3.18. The molecule has 2 aromatic carbocycles. The molecule has 0 saturated carbocycles. The average molecular weight is 476 g/mol. The number of carbonyl (C=O) groups is 2. The molecule has 0 unspecified atom stereocenters. The van der Waals surface area contributed by atoms with Gasteiger partial charge in [0, 0.05) is 31.0 Å². The molecule has 1 N–H and O–H groups in total. The monoisotopic (exact) mass is 475 g/mol. The maximum Gasteiger partial charge on any atom is 0.269 e. The first-order valence-corrected chi connectivity index (χ1v) is 12.0. The van der Waals surface area contributed by atoms with Gasteiger partial charge >= 0.3 is 0 Å². The topological polar surface area (TPSA) is 92.6 Å². The van der Waals surface area contributed by atoms with Crippen LogP contribution in [-0.2, 0) is 21.9 Å². The number of hydrogen-bond acceptors (Lipinski definition) is 5. The predicted octanol–water partition coefficient (Wildman–Crippen LogP) is 4.55. The Bertz CT molecular complexity index is 936. The Morgan fingerprint density at radius 3 is 2.24 bits per heavy atom. The molecule has 0 spiro atoms. The third-order valence-corrected chi connectivity index (χ3v) is 5.97. The molecule has 0 radical (unpaired) electrons. The Hall–Kier alpha value is -2.94. The summed E-state index contributed by atoms with van der Waals surface area (Å²) in [6.45, 7) is 6.57. The third-order valence-electron chi connectivity index (χ3n) is 4.98. The van der Waals surface area contributed by atoms with E-state index in [0.29, 0.717) is 18.7 Å². The summed E-state index contributed by atoms with van der Waals surface area (Å²) in [6, 6.07) is 11.5. The van der Waals surface area contributed by atoms with E-state index in [0.717, 1.165) is 11.1 Å². The van der Waals surface area contributed by atoms with Crippen LogP contribution in [0.25, 0.3) is 0 Å². The van der Waals surface area contributed by atoms with E-state index in [1.807, 2.05) is 20.8 Å². The minimum Gasteiger partial charge on any atom is -0.354 e. The van der Waals surface area contributed by atoms with Crippen molar-refractivity contribution >= 4 is 29.3 Å². The normalized spacial score (nSPS) is 11.8. The predicted molar refractivity (Wildman–Crippen MR) is 128 cm³/mol. The van der Waals surface area contributed by atoms with Gasteiger partial charge in [0.1, 0.15) is 11.9 Å². The van der Waals surface area contributed by atoms with Crippen molar-refractivity contribution in [1.29, 1.82) is 0 Å². The molecule has 0 heterocycles. The van der Waals surface area contributed by atoms with Gasteiger partial charge in [0.05, 0.1) is 10.7 Å². The number of nitrogens with zero attached hydrogens (tertiary/aromatic N) is 2. The minimum atomic E-state index is -0.638. The van der Waals surface area contributed by atoms with Gasteiger partial charge in [-0.2, -0.15) is 0 Å². The minimum absolute atomic E-state index is 0.0171. The number of amides is 2. The average Bonchev–Trinajstić information content (AvgIpc) is 2.79. The molecule has 0 saturated heterocycles. The number of halogens is 1. The zero-order valence-electron chi connectivity index (χ0n) is 19.1. The molecule has 178 valence electrons. The molecule has 0 aromatic heterocycles. The number of carbonyl (C=O) groups excluding carboxylic acids is 2. The van der Waals surface area contributed by atoms with Crippen molar-refractivity contribution < 1.29 is 18.9 Å². The second kappa shape index (κ2) is 12.9. The molecular weight excluding hydrogens is 445 g/mol. The largest absolute Gasteiger partial charge is 0.354 e. The zero-order chi connectivity index (χ0) is 24.4. The number of nitro benzene ring substituents is 1. The zero-order valence-corrected chi connectivity index (χ0v) is 19.9.